The molecule has 3 heterocycles. The molecule has 53 heavy (non-hydrogen) atoms. The average Bonchev–Trinajstić information content (AvgIpc) is 4.01. The SMILES string of the molecule is CC1=C2C3=C4[C@@](C)(C(=O)[C@@]2(O)OC1=O)[C@@H]1C[C@@H]1[C@@]4(O)C[C@@H]1[C@]32OC(=O)C3=C2C[C@H]2[C@](O)(COC(=O)/C=C(/C)COC(=O)CCC(=O)OC3)[C@H]3C[C@H]3[C@]12C. The number of ketones is 1. The number of hydrogen-bond donors (Lipinski definition) is 3. The van der Waals surface area contributed by atoms with Crippen LogP contribution >= 0.6 is 0 Å². The molecular weight excluding hydrogens is 692 g/mol. The Morgan fingerprint density at radius 1 is 0.755 bits per heavy atom. The first-order chi connectivity index (χ1) is 24.9. The van der Waals surface area contributed by atoms with Crippen LogP contribution in [0.4, 0.5) is 0 Å². The molecule has 14 heteroatoms. The minimum Gasteiger partial charge on any atom is -0.461 e. The first-order valence-electron chi connectivity index (χ1n) is 18.4. The van der Waals surface area contributed by atoms with Crippen LogP contribution in [-0.2, 0) is 52.5 Å². The number of hydrogen-bond acceptors (Lipinski definition) is 14. The predicted molar refractivity (Wildman–Crippen MR) is 173 cm³/mol. The summed E-state index contributed by atoms with van der Waals surface area (Å²) in [7, 11) is 0. The van der Waals surface area contributed by atoms with Gasteiger partial charge in [0.25, 0.3) is 5.79 Å². The van der Waals surface area contributed by atoms with Crippen LogP contribution < -0.4 is 0 Å². The highest BCUT2D eigenvalue weighted by Crippen LogP contribution is 2.84. The van der Waals surface area contributed by atoms with Crippen LogP contribution in [0.3, 0.4) is 0 Å². The lowest BCUT2D eigenvalue weighted by Gasteiger charge is -2.63. The Kier molecular flexibility index (Phi) is 6.15. The first kappa shape index (κ1) is 33.4. The van der Waals surface area contributed by atoms with Crippen molar-refractivity contribution in [2.75, 3.05) is 19.8 Å². The maximum Gasteiger partial charge on any atom is 0.338 e. The van der Waals surface area contributed by atoms with E-state index in [4.69, 9.17) is 23.7 Å². The Hall–Kier alpha value is -4.14. The highest BCUT2D eigenvalue weighted by molar-refractivity contribution is 6.10. The standard InChI is InChI=1S/C39H40O14/c1-15-7-27(42)51-14-37(47)22-8-19(22)34(3)23(37)10-18-17(13-50-26(41)6-5-25(40)49-12-15)32(44)52-38(18)24(34)11-36(46)21-9-20(21)35(4)30(36)29(38)28-16(2)31(43)53-39(28,48)33(35)45/h7,19-24,46-48H,5-6,8-14H2,1-4H3/b15-7-/t19-,20-,21+,22+,23-,24+,34+,35+,36+,37+,38+,39+/m1/s1. The quantitative estimate of drug-likeness (QED) is 0.236. The van der Waals surface area contributed by atoms with Gasteiger partial charge in [0, 0.05) is 34.6 Å². The molecule has 10 rings (SSSR count). The van der Waals surface area contributed by atoms with Crippen LogP contribution in [0.1, 0.15) is 66.2 Å². The summed E-state index contributed by atoms with van der Waals surface area (Å²) < 4.78 is 28.6. The highest BCUT2D eigenvalue weighted by Gasteiger charge is 2.87. The van der Waals surface area contributed by atoms with Crippen molar-refractivity contribution >= 4 is 35.6 Å². The van der Waals surface area contributed by atoms with E-state index in [-0.39, 0.29) is 84.9 Å². The van der Waals surface area contributed by atoms with Crippen LogP contribution in [0, 0.1) is 46.3 Å². The molecule has 3 aliphatic heterocycles. The highest BCUT2D eigenvalue weighted by atomic mass is 16.7. The number of carbonyl (C=O) groups excluding carboxylic acids is 6. The number of Topliss-reactive ketones (excluding diaryl/α,β-unsaturated/α-hetero) is 1. The molecule has 5 fully saturated rings. The zero-order valence-electron chi connectivity index (χ0n) is 29.7. The molecule has 14 nitrogen and oxygen atoms in total. The van der Waals surface area contributed by atoms with Crippen LogP contribution in [0.5, 0.6) is 0 Å². The van der Waals surface area contributed by atoms with Gasteiger partial charge < -0.3 is 39.0 Å². The topological polar surface area (TPSA) is 209 Å². The van der Waals surface area contributed by atoms with E-state index in [0.717, 1.165) is 0 Å². The molecule has 0 aromatic heterocycles. The molecule has 0 aromatic rings. The Balaban J connectivity index is 1.21. The number of carbonyl (C=O) groups is 6. The molecule has 0 radical (unpaired) electrons. The van der Waals surface area contributed by atoms with Crippen LogP contribution in [-0.4, -0.2) is 93.4 Å². The molecule has 0 saturated heterocycles. The third-order valence-corrected chi connectivity index (χ3v) is 15.3. The fourth-order valence-electron chi connectivity index (χ4n) is 13.0. The Morgan fingerprint density at radius 3 is 2.15 bits per heavy atom. The van der Waals surface area contributed by atoms with Gasteiger partial charge in [-0.1, -0.05) is 6.92 Å². The summed E-state index contributed by atoms with van der Waals surface area (Å²) in [6.07, 6.45) is 1.63. The van der Waals surface area contributed by atoms with Gasteiger partial charge in [-0.05, 0) is 92.3 Å². The second-order valence-corrected chi connectivity index (χ2v) is 17.5. The van der Waals surface area contributed by atoms with E-state index in [2.05, 4.69) is 0 Å². The van der Waals surface area contributed by atoms with Crippen molar-refractivity contribution in [3.63, 3.8) is 0 Å². The lowest BCUT2D eigenvalue weighted by molar-refractivity contribution is -0.202. The summed E-state index contributed by atoms with van der Waals surface area (Å²) in [5, 5.41) is 38.0. The number of esters is 5. The summed E-state index contributed by atoms with van der Waals surface area (Å²) in [6, 6.07) is 0. The molecule has 0 aromatic carbocycles. The largest absolute Gasteiger partial charge is 0.461 e. The van der Waals surface area contributed by atoms with Gasteiger partial charge in [-0.2, -0.15) is 0 Å². The van der Waals surface area contributed by atoms with Crippen molar-refractivity contribution < 1.29 is 67.8 Å². The maximum absolute atomic E-state index is 14.5. The molecule has 1 spiro atoms. The predicted octanol–water partition coefficient (Wildman–Crippen LogP) is 1.20. The summed E-state index contributed by atoms with van der Waals surface area (Å²) in [6.45, 7) is 5.55. The van der Waals surface area contributed by atoms with Gasteiger partial charge in [0.15, 0.2) is 5.60 Å². The number of cyclic esters (lactones) is 3. The number of fused-ring (bicyclic) bond motifs is 9. The zero-order chi connectivity index (χ0) is 37.6. The van der Waals surface area contributed by atoms with E-state index in [1.165, 1.54) is 13.0 Å². The van der Waals surface area contributed by atoms with Crippen molar-refractivity contribution in [3.05, 3.63) is 45.1 Å². The smallest absolute Gasteiger partial charge is 0.338 e. The minimum absolute atomic E-state index is 0.0140. The van der Waals surface area contributed by atoms with E-state index in [1.54, 1.807) is 13.8 Å². The van der Waals surface area contributed by atoms with Gasteiger partial charge in [0.05, 0.1) is 29.4 Å². The third kappa shape index (κ3) is 3.66. The van der Waals surface area contributed by atoms with Crippen LogP contribution in [0.15, 0.2) is 45.1 Å². The first-order valence-corrected chi connectivity index (χ1v) is 18.4. The van der Waals surface area contributed by atoms with E-state index in [0.29, 0.717) is 29.6 Å². The lowest BCUT2D eigenvalue weighted by Crippen LogP contribution is -2.68. The molecule has 12 atom stereocenters. The molecule has 10 aliphatic rings. The monoisotopic (exact) mass is 732 g/mol. The second kappa shape index (κ2) is 9.74. The Labute approximate surface area is 303 Å². The number of rotatable bonds is 0. The summed E-state index contributed by atoms with van der Waals surface area (Å²) in [5.41, 5.74) is -6.19. The normalized spacial score (nSPS) is 50.3. The molecular formula is C39H40O14. The van der Waals surface area contributed by atoms with E-state index < -0.39 is 87.5 Å². The lowest BCUT2D eigenvalue weighted by atomic mass is 9.42. The average molecular weight is 733 g/mol. The van der Waals surface area contributed by atoms with E-state index in [1.807, 2.05) is 6.92 Å². The van der Waals surface area contributed by atoms with Crippen molar-refractivity contribution in [3.8, 4) is 0 Å². The summed E-state index contributed by atoms with van der Waals surface area (Å²) in [4.78, 5) is 80.6. The zero-order valence-corrected chi connectivity index (χ0v) is 29.7. The summed E-state index contributed by atoms with van der Waals surface area (Å²) >= 11 is 0. The van der Waals surface area contributed by atoms with Gasteiger partial charge in [0.1, 0.15) is 25.4 Å². The fourth-order valence-corrected chi connectivity index (χ4v) is 13.0. The van der Waals surface area contributed by atoms with E-state index >= 15 is 0 Å². The van der Waals surface area contributed by atoms with Crippen LogP contribution in [0.25, 0.3) is 0 Å². The van der Waals surface area contributed by atoms with Crippen molar-refractivity contribution in [2.45, 2.75) is 88.8 Å². The van der Waals surface area contributed by atoms with E-state index in [9.17, 15) is 44.1 Å². The van der Waals surface area contributed by atoms with Crippen molar-refractivity contribution in [1.29, 1.82) is 0 Å². The molecule has 5 saturated carbocycles. The molecule has 2 bridgehead atoms. The molecule has 0 amide bonds. The number of ether oxygens (including phenoxy) is 5. The van der Waals surface area contributed by atoms with Crippen LogP contribution in [0.2, 0.25) is 0 Å². The Morgan fingerprint density at radius 2 is 1.43 bits per heavy atom. The molecule has 7 aliphatic carbocycles. The van der Waals surface area contributed by atoms with Gasteiger partial charge >= 0.3 is 29.8 Å². The minimum atomic E-state index is -2.70. The maximum atomic E-state index is 14.5. The fraction of sp³-hybridized carbons (Fsp3) is 0.641. The second-order valence-electron chi connectivity index (χ2n) is 17.5. The van der Waals surface area contributed by atoms with Crippen molar-refractivity contribution in [2.24, 2.45) is 46.3 Å². The molecule has 280 valence electrons. The molecule has 3 N–H and O–H groups in total. The van der Waals surface area contributed by atoms with Gasteiger partial charge in [0.2, 0.25) is 5.78 Å². The van der Waals surface area contributed by atoms with Gasteiger partial charge in [-0.15, -0.1) is 0 Å². The summed E-state index contributed by atoms with van der Waals surface area (Å²) in [5.74, 6) is -10.0. The van der Waals surface area contributed by atoms with Gasteiger partial charge in [-0.25, -0.2) is 14.4 Å². The third-order valence-electron chi connectivity index (χ3n) is 15.3. The van der Waals surface area contributed by atoms with Gasteiger partial charge in [-0.3, -0.25) is 14.4 Å². The Bertz CT molecular complexity index is 2070. The molecule has 0 unspecified atom stereocenters. The number of aliphatic hydroxyl groups is 3. The van der Waals surface area contributed by atoms with Crippen molar-refractivity contribution in [1.82, 2.24) is 0 Å².